The maximum Gasteiger partial charge on any atom is 0.410 e. The highest BCUT2D eigenvalue weighted by Gasteiger charge is 2.39. The van der Waals surface area contributed by atoms with E-state index >= 15 is 0 Å². The number of hydrogen-bond acceptors (Lipinski definition) is 6. The molecule has 38 heavy (non-hydrogen) atoms. The van der Waals surface area contributed by atoms with Gasteiger partial charge < -0.3 is 10.1 Å². The lowest BCUT2D eigenvalue weighted by molar-refractivity contribution is -0.121. The van der Waals surface area contributed by atoms with Crippen LogP contribution in [0.2, 0.25) is 0 Å². The normalized spacial score (nSPS) is 14.6. The lowest BCUT2D eigenvalue weighted by atomic mass is 10.1. The molecule has 0 saturated carbocycles. The molecule has 1 fully saturated rings. The first-order valence-electron chi connectivity index (χ1n) is 12.3. The second kappa shape index (κ2) is 11.7. The zero-order chi connectivity index (χ0) is 26.3. The Balaban J connectivity index is 1.36. The number of nitrogens with one attached hydrogen (secondary N) is 1. The van der Waals surface area contributed by atoms with E-state index in [2.05, 4.69) is 10.3 Å². The fraction of sp³-hybridized carbons (Fsp3) is 0.172. The van der Waals surface area contributed by atoms with E-state index < -0.39 is 12.1 Å². The van der Waals surface area contributed by atoms with Gasteiger partial charge in [0.15, 0.2) is 5.13 Å². The predicted molar refractivity (Wildman–Crippen MR) is 146 cm³/mol. The molecule has 1 unspecified atom stereocenters. The summed E-state index contributed by atoms with van der Waals surface area (Å²) < 4.78 is 5.53. The Labute approximate surface area is 224 Å². The number of nitrogens with zero attached hydrogens (tertiary/aromatic N) is 3. The Hall–Kier alpha value is -4.50. The molecule has 0 bridgehead atoms. The molecule has 1 atom stereocenters. The molecule has 0 spiro atoms. The number of likely N-dealkylation sites (tertiary alicyclic amines) is 1. The molecule has 3 aromatic carbocycles. The monoisotopic (exact) mass is 526 g/mol. The highest BCUT2D eigenvalue weighted by atomic mass is 32.1. The Morgan fingerprint density at radius 2 is 1.76 bits per heavy atom. The van der Waals surface area contributed by atoms with Crippen LogP contribution in [0.5, 0.6) is 0 Å². The van der Waals surface area contributed by atoms with Crippen molar-refractivity contribution in [2.75, 3.05) is 16.8 Å². The van der Waals surface area contributed by atoms with Gasteiger partial charge in [0.2, 0.25) is 0 Å². The number of carbonyl (C=O) groups excluding carboxylic acids is 3. The highest BCUT2D eigenvalue weighted by Crippen LogP contribution is 2.33. The molecule has 0 aliphatic carbocycles. The van der Waals surface area contributed by atoms with E-state index in [4.69, 9.17) is 4.74 Å². The van der Waals surface area contributed by atoms with E-state index in [1.54, 1.807) is 60.1 Å². The first kappa shape index (κ1) is 25.2. The van der Waals surface area contributed by atoms with Gasteiger partial charge in [-0.25, -0.2) is 9.78 Å². The minimum atomic E-state index is -0.690. The van der Waals surface area contributed by atoms with Gasteiger partial charge in [0.1, 0.15) is 12.6 Å². The highest BCUT2D eigenvalue weighted by molar-refractivity contribution is 7.13. The SMILES string of the molecule is O=C(Nc1cccc(N(C(=O)C2CCCN2C(=O)OCc2ccccc2)c2nccs2)c1)c1ccccc1. The number of aromatic nitrogens is 1. The molecule has 1 aromatic heterocycles. The third kappa shape index (κ3) is 5.73. The number of amides is 3. The molecule has 1 N–H and O–H groups in total. The molecule has 0 radical (unpaired) electrons. The number of rotatable bonds is 7. The summed E-state index contributed by atoms with van der Waals surface area (Å²) >= 11 is 1.32. The van der Waals surface area contributed by atoms with Crippen molar-refractivity contribution in [2.24, 2.45) is 0 Å². The maximum absolute atomic E-state index is 13.9. The molecule has 2 heterocycles. The van der Waals surface area contributed by atoms with Gasteiger partial charge in [-0.2, -0.15) is 0 Å². The molecule has 9 heteroatoms. The number of carbonyl (C=O) groups is 3. The first-order valence-corrected chi connectivity index (χ1v) is 13.2. The van der Waals surface area contributed by atoms with Crippen LogP contribution in [0.3, 0.4) is 0 Å². The van der Waals surface area contributed by atoms with Crippen LogP contribution in [0.4, 0.5) is 21.3 Å². The van der Waals surface area contributed by atoms with Crippen molar-refractivity contribution < 1.29 is 19.1 Å². The summed E-state index contributed by atoms with van der Waals surface area (Å²) in [5, 5.41) is 5.15. The number of benzene rings is 3. The summed E-state index contributed by atoms with van der Waals surface area (Å²) in [5.74, 6) is -0.529. The number of thiazole rings is 1. The van der Waals surface area contributed by atoms with Gasteiger partial charge in [0, 0.05) is 29.4 Å². The Bertz CT molecular complexity index is 1400. The molecule has 1 aliphatic rings. The van der Waals surface area contributed by atoms with Crippen LogP contribution in [-0.2, 0) is 16.1 Å². The number of ether oxygens (including phenoxy) is 1. The van der Waals surface area contributed by atoms with Crippen molar-refractivity contribution >= 4 is 45.8 Å². The van der Waals surface area contributed by atoms with Crippen LogP contribution in [0.25, 0.3) is 0 Å². The smallest absolute Gasteiger partial charge is 0.410 e. The first-order chi connectivity index (χ1) is 18.6. The molecular weight excluding hydrogens is 500 g/mol. The maximum atomic E-state index is 13.9. The van der Waals surface area contributed by atoms with Gasteiger partial charge in [-0.1, -0.05) is 54.6 Å². The van der Waals surface area contributed by atoms with E-state index in [0.29, 0.717) is 41.5 Å². The van der Waals surface area contributed by atoms with Crippen molar-refractivity contribution in [1.82, 2.24) is 9.88 Å². The third-order valence-corrected chi connectivity index (χ3v) is 6.96. The molecule has 1 aliphatic heterocycles. The third-order valence-electron chi connectivity index (χ3n) is 6.21. The summed E-state index contributed by atoms with van der Waals surface area (Å²) in [6.45, 7) is 0.569. The summed E-state index contributed by atoms with van der Waals surface area (Å²) in [6, 6.07) is 24.7. The van der Waals surface area contributed by atoms with Gasteiger partial charge in [-0.05, 0) is 48.7 Å². The molecule has 1 saturated heterocycles. The van der Waals surface area contributed by atoms with Gasteiger partial charge in [-0.3, -0.25) is 19.4 Å². The summed E-state index contributed by atoms with van der Waals surface area (Å²) in [6.07, 6.45) is 2.32. The second-order valence-corrected chi connectivity index (χ2v) is 9.62. The summed E-state index contributed by atoms with van der Waals surface area (Å²) in [5.41, 5.74) is 2.49. The van der Waals surface area contributed by atoms with E-state index in [0.717, 1.165) is 5.56 Å². The average Bonchev–Trinajstić information content (AvgIpc) is 3.66. The van der Waals surface area contributed by atoms with Crippen LogP contribution >= 0.6 is 11.3 Å². The van der Waals surface area contributed by atoms with Crippen molar-refractivity contribution in [2.45, 2.75) is 25.5 Å². The lowest BCUT2D eigenvalue weighted by Crippen LogP contribution is -2.46. The topological polar surface area (TPSA) is 91.8 Å². The quantitative estimate of drug-likeness (QED) is 0.326. The number of hydrogen-bond donors (Lipinski definition) is 1. The van der Waals surface area contributed by atoms with Crippen LogP contribution < -0.4 is 10.2 Å². The Morgan fingerprint density at radius 1 is 1.00 bits per heavy atom. The van der Waals surface area contributed by atoms with E-state index in [1.807, 2.05) is 36.4 Å². The van der Waals surface area contributed by atoms with Gasteiger partial charge >= 0.3 is 6.09 Å². The lowest BCUT2D eigenvalue weighted by Gasteiger charge is -2.28. The molecule has 8 nitrogen and oxygen atoms in total. The summed E-state index contributed by atoms with van der Waals surface area (Å²) in [4.78, 5) is 47.0. The average molecular weight is 527 g/mol. The van der Waals surface area contributed by atoms with Gasteiger partial charge in [0.25, 0.3) is 11.8 Å². The standard InChI is InChI=1S/C29H26N4O4S/c34-26(22-11-5-2-6-12-22)31-23-13-7-14-24(19-23)33(28-30-16-18-38-28)27(35)25-15-8-17-32(25)29(36)37-20-21-9-3-1-4-10-21/h1-7,9-14,16,18-19,25H,8,15,17,20H2,(H,31,34). The zero-order valence-corrected chi connectivity index (χ0v) is 21.3. The minimum Gasteiger partial charge on any atom is -0.445 e. The molecular formula is C29H26N4O4S. The molecule has 4 aromatic rings. The van der Waals surface area contributed by atoms with Crippen molar-refractivity contribution in [3.8, 4) is 0 Å². The predicted octanol–water partition coefficient (Wildman–Crippen LogP) is 5.86. The second-order valence-electron chi connectivity index (χ2n) is 8.75. The molecule has 5 rings (SSSR count). The van der Waals surface area contributed by atoms with E-state index in [9.17, 15) is 14.4 Å². The largest absolute Gasteiger partial charge is 0.445 e. The minimum absolute atomic E-state index is 0.135. The van der Waals surface area contributed by atoms with Crippen molar-refractivity contribution in [3.63, 3.8) is 0 Å². The van der Waals surface area contributed by atoms with E-state index in [-0.39, 0.29) is 18.4 Å². The van der Waals surface area contributed by atoms with Crippen LogP contribution in [0.1, 0.15) is 28.8 Å². The van der Waals surface area contributed by atoms with E-state index in [1.165, 1.54) is 21.1 Å². The van der Waals surface area contributed by atoms with Crippen molar-refractivity contribution in [3.05, 3.63) is 108 Å². The zero-order valence-electron chi connectivity index (χ0n) is 20.5. The van der Waals surface area contributed by atoms with Crippen LogP contribution in [-0.4, -0.2) is 40.4 Å². The van der Waals surface area contributed by atoms with Crippen LogP contribution in [0, 0.1) is 0 Å². The Kier molecular flexibility index (Phi) is 7.75. The van der Waals surface area contributed by atoms with Crippen LogP contribution in [0.15, 0.2) is 96.5 Å². The summed E-state index contributed by atoms with van der Waals surface area (Å²) in [7, 11) is 0. The van der Waals surface area contributed by atoms with Gasteiger partial charge in [0.05, 0.1) is 5.69 Å². The van der Waals surface area contributed by atoms with Gasteiger partial charge in [-0.15, -0.1) is 11.3 Å². The molecule has 3 amide bonds. The van der Waals surface area contributed by atoms with Crippen molar-refractivity contribution in [1.29, 1.82) is 0 Å². The Morgan fingerprint density at radius 3 is 2.50 bits per heavy atom. The fourth-order valence-corrected chi connectivity index (χ4v) is 5.03. The number of anilines is 3. The fourth-order valence-electron chi connectivity index (χ4n) is 4.37. The molecule has 192 valence electrons.